The molecule has 3 fully saturated rings. The first-order valence-electron chi connectivity index (χ1n) is 11.3. The van der Waals surface area contributed by atoms with E-state index in [0.717, 1.165) is 57.3 Å². The van der Waals surface area contributed by atoms with Gasteiger partial charge in [0.05, 0.1) is 6.10 Å². The molecule has 3 aliphatic heterocycles. The number of hydrogen-bond donors (Lipinski definition) is 2. The van der Waals surface area contributed by atoms with Gasteiger partial charge >= 0.3 is 0 Å². The Labute approximate surface area is 179 Å². The topological polar surface area (TPSA) is 65.5 Å². The van der Waals surface area contributed by atoms with Crippen molar-refractivity contribution in [3.8, 4) is 0 Å². The van der Waals surface area contributed by atoms with Crippen LogP contribution in [-0.4, -0.2) is 60.0 Å². The second kappa shape index (κ2) is 9.89. The van der Waals surface area contributed by atoms with Crippen LogP contribution >= 0.6 is 12.2 Å². The molecule has 4 heterocycles. The lowest BCUT2D eigenvalue weighted by Crippen LogP contribution is -2.39. The second-order valence-corrected chi connectivity index (χ2v) is 8.87. The number of rotatable bonds is 5. The monoisotopic (exact) mass is 418 g/mol. The first-order valence-corrected chi connectivity index (χ1v) is 11.7. The van der Waals surface area contributed by atoms with Crippen molar-refractivity contribution < 1.29 is 4.74 Å². The molecular weight excluding hydrogens is 384 g/mol. The Morgan fingerprint density at radius 1 is 1.07 bits per heavy atom. The number of ether oxygens (including phenoxy) is 1. The van der Waals surface area contributed by atoms with Gasteiger partial charge in [0.2, 0.25) is 5.95 Å². The Morgan fingerprint density at radius 2 is 1.86 bits per heavy atom. The van der Waals surface area contributed by atoms with Crippen molar-refractivity contribution in [2.75, 3.05) is 47.9 Å². The molecule has 0 aliphatic carbocycles. The van der Waals surface area contributed by atoms with Gasteiger partial charge in [-0.05, 0) is 70.5 Å². The van der Waals surface area contributed by atoms with E-state index >= 15 is 0 Å². The Morgan fingerprint density at radius 3 is 2.62 bits per heavy atom. The number of nitrogens with one attached hydrogen (secondary N) is 2. The van der Waals surface area contributed by atoms with E-state index in [1.165, 1.54) is 38.5 Å². The maximum absolute atomic E-state index is 5.67. The maximum Gasteiger partial charge on any atom is 0.232 e. The summed E-state index contributed by atoms with van der Waals surface area (Å²) >= 11 is 5.51. The Hall–Kier alpha value is -1.67. The van der Waals surface area contributed by atoms with E-state index in [9.17, 15) is 0 Å². The van der Waals surface area contributed by atoms with Crippen LogP contribution in [-0.2, 0) is 4.74 Å². The SMILES string of the molecule is C[C@@H]1CCCCN1c1cc(N2CCCCC2)nc(NC(=S)NC[C@@H]2CCCO2)n1. The first-order chi connectivity index (χ1) is 14.2. The number of thiocarbonyl (C=S) groups is 1. The summed E-state index contributed by atoms with van der Waals surface area (Å²) in [5.74, 6) is 2.61. The molecular formula is C21H34N6OS. The lowest BCUT2D eigenvalue weighted by Gasteiger charge is -2.35. The van der Waals surface area contributed by atoms with Crippen LogP contribution in [0.5, 0.6) is 0 Å². The summed E-state index contributed by atoms with van der Waals surface area (Å²) in [7, 11) is 0. The summed E-state index contributed by atoms with van der Waals surface area (Å²) in [5, 5.41) is 7.06. The highest BCUT2D eigenvalue weighted by atomic mass is 32.1. The third kappa shape index (κ3) is 5.48. The van der Waals surface area contributed by atoms with Gasteiger partial charge in [0, 0.05) is 44.9 Å². The van der Waals surface area contributed by atoms with E-state index in [1.54, 1.807) is 0 Å². The summed E-state index contributed by atoms with van der Waals surface area (Å²) in [6.07, 6.45) is 9.96. The number of piperidine rings is 2. The number of anilines is 3. The molecule has 8 heteroatoms. The van der Waals surface area contributed by atoms with E-state index in [0.29, 0.717) is 17.1 Å². The van der Waals surface area contributed by atoms with E-state index in [1.807, 2.05) is 0 Å². The zero-order valence-corrected chi connectivity index (χ0v) is 18.3. The van der Waals surface area contributed by atoms with Crippen molar-refractivity contribution in [2.45, 2.75) is 70.4 Å². The van der Waals surface area contributed by atoms with Crippen molar-refractivity contribution in [2.24, 2.45) is 0 Å². The number of hydrogen-bond acceptors (Lipinski definition) is 6. The van der Waals surface area contributed by atoms with Crippen LogP contribution in [0.2, 0.25) is 0 Å². The fraction of sp³-hybridized carbons (Fsp3) is 0.762. The van der Waals surface area contributed by atoms with E-state index in [4.69, 9.17) is 26.9 Å². The number of aromatic nitrogens is 2. The zero-order valence-electron chi connectivity index (χ0n) is 17.5. The van der Waals surface area contributed by atoms with Crippen LogP contribution in [0.4, 0.5) is 17.6 Å². The third-order valence-corrected chi connectivity index (χ3v) is 6.46. The largest absolute Gasteiger partial charge is 0.376 e. The van der Waals surface area contributed by atoms with Gasteiger partial charge in [-0.2, -0.15) is 9.97 Å². The normalized spacial score (nSPS) is 25.1. The molecule has 29 heavy (non-hydrogen) atoms. The molecule has 0 amide bonds. The van der Waals surface area contributed by atoms with Crippen molar-refractivity contribution in [1.82, 2.24) is 15.3 Å². The smallest absolute Gasteiger partial charge is 0.232 e. The molecule has 0 aromatic carbocycles. The predicted molar refractivity (Wildman–Crippen MR) is 122 cm³/mol. The van der Waals surface area contributed by atoms with Crippen LogP contribution in [0.3, 0.4) is 0 Å². The van der Waals surface area contributed by atoms with Crippen LogP contribution < -0.4 is 20.4 Å². The van der Waals surface area contributed by atoms with Gasteiger partial charge in [-0.1, -0.05) is 0 Å². The fourth-order valence-electron chi connectivity index (χ4n) is 4.51. The predicted octanol–water partition coefficient (Wildman–Crippen LogP) is 3.31. The molecule has 0 radical (unpaired) electrons. The van der Waals surface area contributed by atoms with E-state index in [-0.39, 0.29) is 6.10 Å². The Bertz CT molecular complexity index is 690. The molecule has 1 aromatic heterocycles. The van der Waals surface area contributed by atoms with Crippen LogP contribution in [0.25, 0.3) is 0 Å². The van der Waals surface area contributed by atoms with Gasteiger partial charge in [-0.15, -0.1) is 0 Å². The van der Waals surface area contributed by atoms with E-state index in [2.05, 4.69) is 33.4 Å². The van der Waals surface area contributed by atoms with Gasteiger partial charge in [0.1, 0.15) is 11.6 Å². The van der Waals surface area contributed by atoms with Crippen LogP contribution in [0, 0.1) is 0 Å². The first kappa shape index (κ1) is 20.6. The van der Waals surface area contributed by atoms with Gasteiger partial charge in [0.25, 0.3) is 0 Å². The molecule has 2 N–H and O–H groups in total. The number of nitrogens with zero attached hydrogens (tertiary/aromatic N) is 4. The van der Waals surface area contributed by atoms with E-state index < -0.39 is 0 Å². The highest BCUT2D eigenvalue weighted by molar-refractivity contribution is 7.80. The molecule has 0 bridgehead atoms. The van der Waals surface area contributed by atoms with Gasteiger partial charge < -0.3 is 25.2 Å². The summed E-state index contributed by atoms with van der Waals surface area (Å²) in [6, 6.07) is 2.67. The molecule has 3 aliphatic rings. The summed E-state index contributed by atoms with van der Waals surface area (Å²) in [4.78, 5) is 14.5. The molecule has 7 nitrogen and oxygen atoms in total. The fourth-order valence-corrected chi connectivity index (χ4v) is 4.68. The average Bonchev–Trinajstić information content (AvgIpc) is 3.27. The van der Waals surface area contributed by atoms with Crippen LogP contribution in [0.1, 0.15) is 58.3 Å². The molecule has 0 spiro atoms. The molecule has 160 valence electrons. The lowest BCUT2D eigenvalue weighted by molar-refractivity contribution is 0.114. The molecule has 4 rings (SSSR count). The highest BCUT2D eigenvalue weighted by Gasteiger charge is 2.23. The van der Waals surface area contributed by atoms with Crippen molar-refractivity contribution >= 4 is 34.9 Å². The standard InChI is InChI=1S/C21H34N6OS/c1-16-8-3-6-12-27(16)19-14-18(26-10-4-2-5-11-26)23-20(24-19)25-21(29)22-15-17-9-7-13-28-17/h14,16-17H,2-13,15H2,1H3,(H2,22,23,24,25,29)/t16-,17+/m1/s1. The third-order valence-electron chi connectivity index (χ3n) is 6.22. The lowest BCUT2D eigenvalue weighted by atomic mass is 10.0. The van der Waals surface area contributed by atoms with Gasteiger partial charge in [-0.25, -0.2) is 0 Å². The minimum atomic E-state index is 0.250. The maximum atomic E-state index is 5.67. The van der Waals surface area contributed by atoms with Gasteiger partial charge in [-0.3, -0.25) is 0 Å². The van der Waals surface area contributed by atoms with Crippen molar-refractivity contribution in [3.05, 3.63) is 6.07 Å². The summed E-state index contributed by atoms with van der Waals surface area (Å²) < 4.78 is 5.67. The van der Waals surface area contributed by atoms with Gasteiger partial charge in [0.15, 0.2) is 5.11 Å². The van der Waals surface area contributed by atoms with Crippen molar-refractivity contribution in [3.63, 3.8) is 0 Å². The minimum absolute atomic E-state index is 0.250. The zero-order chi connectivity index (χ0) is 20.1. The summed E-state index contributed by atoms with van der Waals surface area (Å²) in [6.45, 7) is 7.06. The molecule has 3 saturated heterocycles. The second-order valence-electron chi connectivity index (χ2n) is 8.46. The Kier molecular flexibility index (Phi) is 7.02. The summed E-state index contributed by atoms with van der Waals surface area (Å²) in [5.41, 5.74) is 0. The van der Waals surface area contributed by atoms with Crippen molar-refractivity contribution in [1.29, 1.82) is 0 Å². The molecule has 0 unspecified atom stereocenters. The minimum Gasteiger partial charge on any atom is -0.376 e. The Balaban J connectivity index is 1.49. The molecule has 0 saturated carbocycles. The van der Waals surface area contributed by atoms with Crippen LogP contribution in [0.15, 0.2) is 6.07 Å². The quantitative estimate of drug-likeness (QED) is 0.706. The molecule has 2 atom stereocenters. The molecule has 1 aromatic rings. The highest BCUT2D eigenvalue weighted by Crippen LogP contribution is 2.28. The average molecular weight is 419 g/mol.